The van der Waals surface area contributed by atoms with E-state index in [9.17, 15) is 4.79 Å². The molecule has 0 radical (unpaired) electrons. The lowest BCUT2D eigenvalue weighted by Gasteiger charge is -2.17. The number of ether oxygens (including phenoxy) is 1. The smallest absolute Gasteiger partial charge is 0.253 e. The van der Waals surface area contributed by atoms with Crippen LogP contribution in [-0.4, -0.2) is 31.0 Å². The van der Waals surface area contributed by atoms with E-state index in [0.29, 0.717) is 0 Å². The molecule has 17 heavy (non-hydrogen) atoms. The van der Waals surface area contributed by atoms with Gasteiger partial charge in [-0.3, -0.25) is 4.79 Å². The van der Waals surface area contributed by atoms with Crippen LogP contribution in [0.15, 0.2) is 18.2 Å². The van der Waals surface area contributed by atoms with Crippen molar-refractivity contribution in [3.63, 3.8) is 0 Å². The Morgan fingerprint density at radius 1 is 1.47 bits per heavy atom. The average Bonchev–Trinajstić information content (AvgIpc) is 2.81. The van der Waals surface area contributed by atoms with Crippen LogP contribution >= 0.6 is 0 Å². The zero-order valence-corrected chi connectivity index (χ0v) is 10.5. The van der Waals surface area contributed by atoms with Crippen LogP contribution < -0.4 is 4.74 Å². The van der Waals surface area contributed by atoms with Gasteiger partial charge in [0.1, 0.15) is 5.75 Å². The molecule has 0 aromatic heterocycles. The Morgan fingerprint density at radius 3 is 3.06 bits per heavy atom. The Hall–Kier alpha value is -1.51. The lowest BCUT2D eigenvalue weighted by atomic mass is 10.1. The Kier molecular flexibility index (Phi) is 3.67. The van der Waals surface area contributed by atoms with Crippen molar-refractivity contribution >= 4 is 5.91 Å². The van der Waals surface area contributed by atoms with Gasteiger partial charge in [-0.1, -0.05) is 13.3 Å². The first-order valence-corrected chi connectivity index (χ1v) is 6.23. The van der Waals surface area contributed by atoms with Crippen LogP contribution in [0, 0.1) is 0 Å². The van der Waals surface area contributed by atoms with Crippen LogP contribution in [0.5, 0.6) is 5.75 Å². The van der Waals surface area contributed by atoms with E-state index < -0.39 is 0 Å². The van der Waals surface area contributed by atoms with Crippen LogP contribution in [0.4, 0.5) is 0 Å². The van der Waals surface area contributed by atoms with Crippen LogP contribution in [0.3, 0.4) is 0 Å². The van der Waals surface area contributed by atoms with Crippen LogP contribution in [0.1, 0.15) is 35.7 Å². The van der Waals surface area contributed by atoms with Gasteiger partial charge in [-0.05, 0) is 30.2 Å². The molecule has 0 saturated heterocycles. The largest absolute Gasteiger partial charge is 0.493 e. The summed E-state index contributed by atoms with van der Waals surface area (Å²) in [5.74, 6) is 1.03. The second kappa shape index (κ2) is 5.21. The van der Waals surface area contributed by atoms with Crippen molar-refractivity contribution < 1.29 is 9.53 Å². The molecular weight excluding hydrogens is 214 g/mol. The lowest BCUT2D eigenvalue weighted by Crippen LogP contribution is -2.27. The number of rotatable bonds is 4. The molecular formula is C14H19NO2. The van der Waals surface area contributed by atoms with E-state index in [0.717, 1.165) is 49.3 Å². The number of amides is 1. The SMILES string of the molecule is CCCCN(C)C(=O)c1ccc2c(c1)CCO2. The van der Waals surface area contributed by atoms with Gasteiger partial charge < -0.3 is 9.64 Å². The Morgan fingerprint density at radius 2 is 2.29 bits per heavy atom. The fraction of sp³-hybridized carbons (Fsp3) is 0.500. The minimum Gasteiger partial charge on any atom is -0.493 e. The summed E-state index contributed by atoms with van der Waals surface area (Å²) < 4.78 is 5.43. The molecule has 1 aliphatic heterocycles. The summed E-state index contributed by atoms with van der Waals surface area (Å²) in [6, 6.07) is 5.73. The maximum absolute atomic E-state index is 12.1. The van der Waals surface area contributed by atoms with Crippen molar-refractivity contribution in [3.05, 3.63) is 29.3 Å². The van der Waals surface area contributed by atoms with Gasteiger partial charge in [0.15, 0.2) is 0 Å². The fourth-order valence-corrected chi connectivity index (χ4v) is 2.04. The first-order valence-electron chi connectivity index (χ1n) is 6.23. The topological polar surface area (TPSA) is 29.5 Å². The first kappa shape index (κ1) is 12.0. The summed E-state index contributed by atoms with van der Waals surface area (Å²) in [5.41, 5.74) is 1.92. The van der Waals surface area contributed by atoms with Gasteiger partial charge in [0.25, 0.3) is 5.91 Å². The molecule has 0 bridgehead atoms. The number of hydrogen-bond donors (Lipinski definition) is 0. The Balaban J connectivity index is 2.09. The minimum absolute atomic E-state index is 0.105. The Labute approximate surface area is 102 Å². The molecule has 3 nitrogen and oxygen atoms in total. The quantitative estimate of drug-likeness (QED) is 0.799. The van der Waals surface area contributed by atoms with Crippen molar-refractivity contribution in [3.8, 4) is 5.75 Å². The van der Waals surface area contributed by atoms with Gasteiger partial charge in [-0.15, -0.1) is 0 Å². The van der Waals surface area contributed by atoms with E-state index in [4.69, 9.17) is 4.74 Å². The highest BCUT2D eigenvalue weighted by molar-refractivity contribution is 5.94. The summed E-state index contributed by atoms with van der Waals surface area (Å²) in [6.45, 7) is 3.69. The minimum atomic E-state index is 0.105. The normalized spacial score (nSPS) is 13.1. The van der Waals surface area contributed by atoms with Crippen LogP contribution in [-0.2, 0) is 6.42 Å². The van der Waals surface area contributed by atoms with Gasteiger partial charge >= 0.3 is 0 Å². The molecule has 0 N–H and O–H groups in total. The van der Waals surface area contributed by atoms with Crippen molar-refractivity contribution in [1.82, 2.24) is 4.90 Å². The highest BCUT2D eigenvalue weighted by Crippen LogP contribution is 2.26. The molecule has 0 aliphatic carbocycles. The average molecular weight is 233 g/mol. The van der Waals surface area contributed by atoms with Crippen LogP contribution in [0.25, 0.3) is 0 Å². The summed E-state index contributed by atoms with van der Waals surface area (Å²) in [7, 11) is 1.86. The fourth-order valence-electron chi connectivity index (χ4n) is 2.04. The second-order valence-electron chi connectivity index (χ2n) is 4.50. The molecule has 1 aromatic carbocycles. The molecule has 0 saturated carbocycles. The molecule has 1 heterocycles. The summed E-state index contributed by atoms with van der Waals surface area (Å²) in [6.07, 6.45) is 3.07. The molecule has 2 rings (SSSR count). The number of benzene rings is 1. The monoisotopic (exact) mass is 233 g/mol. The zero-order valence-electron chi connectivity index (χ0n) is 10.5. The third kappa shape index (κ3) is 2.60. The maximum atomic E-state index is 12.1. The Bertz CT molecular complexity index is 415. The van der Waals surface area contributed by atoms with E-state index in [-0.39, 0.29) is 5.91 Å². The summed E-state index contributed by atoms with van der Waals surface area (Å²) in [5, 5.41) is 0. The number of carbonyl (C=O) groups is 1. The van der Waals surface area contributed by atoms with Crippen LogP contribution in [0.2, 0.25) is 0 Å². The highest BCUT2D eigenvalue weighted by atomic mass is 16.5. The van der Waals surface area contributed by atoms with Gasteiger partial charge in [0.05, 0.1) is 6.61 Å². The van der Waals surface area contributed by atoms with Gasteiger partial charge in [-0.2, -0.15) is 0 Å². The second-order valence-corrected chi connectivity index (χ2v) is 4.50. The predicted octanol–water partition coefficient (Wildman–Crippen LogP) is 2.49. The summed E-state index contributed by atoms with van der Waals surface area (Å²) in [4.78, 5) is 13.9. The van der Waals surface area contributed by atoms with Gasteiger partial charge in [0.2, 0.25) is 0 Å². The molecule has 0 spiro atoms. The zero-order chi connectivity index (χ0) is 12.3. The molecule has 1 aromatic rings. The highest BCUT2D eigenvalue weighted by Gasteiger charge is 2.16. The molecule has 0 unspecified atom stereocenters. The van der Waals surface area contributed by atoms with E-state index in [2.05, 4.69) is 6.92 Å². The molecule has 1 aliphatic rings. The number of fused-ring (bicyclic) bond motifs is 1. The number of unbranched alkanes of at least 4 members (excludes halogenated alkanes) is 1. The number of hydrogen-bond acceptors (Lipinski definition) is 2. The first-order chi connectivity index (χ1) is 8.22. The van der Waals surface area contributed by atoms with Crippen molar-refractivity contribution in [2.24, 2.45) is 0 Å². The molecule has 92 valence electrons. The predicted molar refractivity (Wildman–Crippen MR) is 67.5 cm³/mol. The maximum Gasteiger partial charge on any atom is 0.253 e. The van der Waals surface area contributed by atoms with Gasteiger partial charge in [-0.25, -0.2) is 0 Å². The molecule has 3 heteroatoms. The van der Waals surface area contributed by atoms with Crippen molar-refractivity contribution in [1.29, 1.82) is 0 Å². The van der Waals surface area contributed by atoms with Gasteiger partial charge in [0, 0.05) is 25.6 Å². The third-order valence-electron chi connectivity index (χ3n) is 3.13. The standard InChI is InChI=1S/C14H19NO2/c1-3-4-8-15(2)14(16)12-5-6-13-11(10-12)7-9-17-13/h5-6,10H,3-4,7-9H2,1-2H3. The molecule has 0 atom stereocenters. The van der Waals surface area contributed by atoms with Crippen molar-refractivity contribution in [2.45, 2.75) is 26.2 Å². The van der Waals surface area contributed by atoms with E-state index in [1.807, 2.05) is 25.2 Å². The number of carbonyl (C=O) groups excluding carboxylic acids is 1. The third-order valence-corrected chi connectivity index (χ3v) is 3.13. The van der Waals surface area contributed by atoms with Crippen molar-refractivity contribution in [2.75, 3.05) is 20.2 Å². The number of nitrogens with zero attached hydrogens (tertiary/aromatic N) is 1. The summed E-state index contributed by atoms with van der Waals surface area (Å²) >= 11 is 0. The molecule has 1 amide bonds. The van der Waals surface area contributed by atoms with E-state index >= 15 is 0 Å². The van der Waals surface area contributed by atoms with E-state index in [1.165, 1.54) is 0 Å². The van der Waals surface area contributed by atoms with E-state index in [1.54, 1.807) is 4.90 Å². The lowest BCUT2D eigenvalue weighted by molar-refractivity contribution is 0.0793. The molecule has 0 fully saturated rings.